The zero-order chi connectivity index (χ0) is 50.9. The number of phenols is 3. The van der Waals surface area contributed by atoms with Crippen LogP contribution in [0.25, 0.3) is 0 Å². The monoisotopic (exact) mass is 1020 g/mol. The average molecular weight is 1020 g/mol. The Bertz CT molecular complexity index is 2840. The lowest BCUT2D eigenvalue weighted by Crippen LogP contribution is -2.77. The lowest BCUT2D eigenvalue weighted by Gasteiger charge is -2.64. The quantitative estimate of drug-likeness (QED) is 0.169. The third-order valence-corrected chi connectivity index (χ3v) is 21.9. The molecule has 6 aliphatic heterocycles. The van der Waals surface area contributed by atoms with Gasteiger partial charge in [0.25, 0.3) is 0 Å². The molecule has 16 heteroatoms. The second-order valence-corrected chi connectivity index (χ2v) is 24.8. The van der Waals surface area contributed by atoms with Crippen molar-refractivity contribution < 1.29 is 64.7 Å². The normalized spacial score (nSPS) is 42.2. The van der Waals surface area contributed by atoms with Gasteiger partial charge in [0, 0.05) is 53.7 Å². The number of aliphatic hydroxyl groups excluding tert-OH is 2. The topological polar surface area (TPSA) is 251 Å². The first-order chi connectivity index (χ1) is 35.6. The van der Waals surface area contributed by atoms with Crippen LogP contribution in [-0.2, 0) is 45.1 Å². The van der Waals surface area contributed by atoms with Crippen molar-refractivity contribution in [3.63, 3.8) is 0 Å². The fourth-order valence-corrected chi connectivity index (χ4v) is 18.0. The summed E-state index contributed by atoms with van der Waals surface area (Å²) in [6.45, 7) is 3.57. The highest BCUT2D eigenvalue weighted by atomic mass is 16.5. The van der Waals surface area contributed by atoms with Gasteiger partial charge in [0.1, 0.15) is 18.5 Å². The summed E-state index contributed by atoms with van der Waals surface area (Å²) in [6.07, 6.45) is 13.4. The molecule has 0 amide bonds. The van der Waals surface area contributed by atoms with Crippen LogP contribution in [-0.4, -0.2) is 149 Å². The molecule has 6 bridgehead atoms. The molecule has 6 heterocycles. The largest absolute Gasteiger partial charge is 0.504 e. The highest BCUT2D eigenvalue weighted by Gasteiger charge is 2.75. The number of aromatic hydroxyl groups is 3. The highest BCUT2D eigenvalue weighted by molar-refractivity contribution is 5.90. The van der Waals surface area contributed by atoms with Crippen molar-refractivity contribution >= 4 is 12.1 Å². The van der Waals surface area contributed by atoms with Gasteiger partial charge in [0.2, 0.25) is 0 Å². The van der Waals surface area contributed by atoms with Gasteiger partial charge in [-0.15, -0.1) is 0 Å². The number of rotatable bonds is 3. The van der Waals surface area contributed by atoms with E-state index in [4.69, 9.17) is 14.2 Å². The number of benzene rings is 3. The number of hydrogen-bond acceptors (Lipinski definition) is 16. The third-order valence-electron chi connectivity index (χ3n) is 21.9. The average Bonchev–Trinajstić information content (AvgIpc) is 4.06. The van der Waals surface area contributed by atoms with Crippen LogP contribution in [0.2, 0.25) is 0 Å². The molecule has 14 atom stereocenters. The number of piperidine rings is 3. The van der Waals surface area contributed by atoms with Gasteiger partial charge in [-0.25, -0.2) is 0 Å². The van der Waals surface area contributed by atoms with Crippen LogP contribution in [0.3, 0.4) is 0 Å². The summed E-state index contributed by atoms with van der Waals surface area (Å²) in [5.41, 5.74) is 1.64. The van der Waals surface area contributed by atoms with Gasteiger partial charge in [0.05, 0.1) is 45.3 Å². The van der Waals surface area contributed by atoms with Gasteiger partial charge in [-0.1, -0.05) is 31.0 Å². The molecule has 3 spiro atoms. The molecule has 74 heavy (non-hydrogen) atoms. The number of nitrogens with one attached hydrogen (secondary N) is 2. The van der Waals surface area contributed by atoms with E-state index in [1.807, 2.05) is 18.2 Å². The van der Waals surface area contributed by atoms with Crippen molar-refractivity contribution in [2.75, 3.05) is 26.2 Å². The number of hydrogen-bond donors (Lipinski definition) is 10. The molecule has 396 valence electrons. The first kappa shape index (κ1) is 47.9. The van der Waals surface area contributed by atoms with E-state index in [9.17, 15) is 50.4 Å². The van der Waals surface area contributed by atoms with Gasteiger partial charge in [-0.2, -0.15) is 0 Å². The second-order valence-electron chi connectivity index (χ2n) is 24.8. The minimum absolute atomic E-state index is 0.00663. The minimum Gasteiger partial charge on any atom is -0.504 e. The third kappa shape index (κ3) is 5.97. The van der Waals surface area contributed by atoms with Crippen LogP contribution < -0.4 is 24.8 Å². The molecular weight excluding hydrogens is 947 g/mol. The lowest BCUT2D eigenvalue weighted by molar-refractivity contribution is -0.209. The Labute approximate surface area is 430 Å². The van der Waals surface area contributed by atoms with Gasteiger partial charge in [0.15, 0.2) is 46.4 Å². The molecule has 3 saturated heterocycles. The van der Waals surface area contributed by atoms with Crippen LogP contribution >= 0.6 is 0 Å². The van der Waals surface area contributed by atoms with E-state index < -0.39 is 63.6 Å². The van der Waals surface area contributed by atoms with E-state index in [1.54, 1.807) is 18.2 Å². The molecule has 10 N–H and O–H groups in total. The maximum atomic E-state index is 12.4. The predicted molar refractivity (Wildman–Crippen MR) is 267 cm³/mol. The van der Waals surface area contributed by atoms with Crippen molar-refractivity contribution in [2.45, 2.75) is 197 Å². The summed E-state index contributed by atoms with van der Waals surface area (Å²) in [7, 11) is 0. The number of aldehydes is 1. The van der Waals surface area contributed by atoms with Gasteiger partial charge in [-0.3, -0.25) is 9.69 Å². The van der Waals surface area contributed by atoms with E-state index >= 15 is 0 Å². The summed E-state index contributed by atoms with van der Waals surface area (Å²) >= 11 is 0. The molecule has 8 aliphatic carbocycles. The Kier molecular flexibility index (Phi) is 10.7. The number of carbonyl (C=O) groups is 2. The van der Waals surface area contributed by atoms with Crippen molar-refractivity contribution in [3.05, 3.63) is 69.8 Å². The number of ether oxygens (including phenoxy) is 3. The van der Waals surface area contributed by atoms with Crippen molar-refractivity contribution in [1.82, 2.24) is 15.5 Å². The molecule has 0 radical (unpaired) electrons. The van der Waals surface area contributed by atoms with E-state index in [0.717, 1.165) is 105 Å². The minimum atomic E-state index is -0.962. The fraction of sp³-hybridized carbons (Fsp3) is 0.655. The van der Waals surface area contributed by atoms with Crippen molar-refractivity contribution in [3.8, 4) is 34.5 Å². The van der Waals surface area contributed by atoms with Crippen LogP contribution in [0.5, 0.6) is 34.5 Å². The number of nitrogens with zero attached hydrogens (tertiary/aromatic N) is 1. The van der Waals surface area contributed by atoms with E-state index in [1.165, 1.54) is 31.2 Å². The smallest absolute Gasteiger partial charge is 0.174 e. The fourth-order valence-electron chi connectivity index (χ4n) is 18.0. The Balaban J connectivity index is 0.0000000973. The molecule has 3 aromatic carbocycles. The van der Waals surface area contributed by atoms with E-state index in [-0.39, 0.29) is 41.2 Å². The number of carbonyl (C=O) groups excluding carboxylic acids is 2. The lowest BCUT2D eigenvalue weighted by atomic mass is 9.48. The highest BCUT2D eigenvalue weighted by Crippen LogP contribution is 2.68. The Morgan fingerprint density at radius 3 is 1.62 bits per heavy atom. The molecule has 5 saturated carbocycles. The summed E-state index contributed by atoms with van der Waals surface area (Å²) in [4.78, 5) is 24.7. The summed E-state index contributed by atoms with van der Waals surface area (Å²) in [6, 6.07) is 10.9. The molecule has 8 fully saturated rings. The van der Waals surface area contributed by atoms with Crippen LogP contribution in [0.1, 0.15) is 130 Å². The Morgan fingerprint density at radius 1 is 0.595 bits per heavy atom. The first-order valence-electron chi connectivity index (χ1n) is 27.9. The molecular formula is C58H71N3O13. The first-order valence-corrected chi connectivity index (χ1v) is 27.9. The summed E-state index contributed by atoms with van der Waals surface area (Å²) in [5, 5.41) is 93.8. The molecule has 14 aliphatic rings. The van der Waals surface area contributed by atoms with Crippen LogP contribution in [0.4, 0.5) is 0 Å². The zero-order valence-corrected chi connectivity index (χ0v) is 41.9. The van der Waals surface area contributed by atoms with Gasteiger partial charge < -0.3 is 70.5 Å². The van der Waals surface area contributed by atoms with Crippen LogP contribution in [0, 0.1) is 11.8 Å². The number of ketones is 1. The predicted octanol–water partition coefficient (Wildman–Crippen LogP) is 3.29. The zero-order valence-electron chi connectivity index (χ0n) is 41.9. The number of likely N-dealkylation sites (tertiary alicyclic amines) is 1. The standard InChI is InChI=1S/C21H27NO4.C16H19NO4.C16H17NO4.C5H8O/c23-14-5-4-13-10-16-21(25)7-6-15(24)19-20(21,17(13)18(14)26-19)8-9-22(16)11-12-2-1-3-12;2*18-9-2-1-8-7-11-16(20)4-3-10(19)14-15(16,5-6-17-11)12(8)13(9)21-14;6-4-5-2-1-3-5/h4-5,12,15-16,19,23-25H,1-3,6-11H2;1-2,10-11,14,17-20H,3-7H2;1-2,11,14,17-18,20H,3-7H2;4-5H,1-3H2/t15-,16+,19-,20-,21+;10-,11+,14-,15-,16+;11-,14+,15+,16-;/m001./s1. The van der Waals surface area contributed by atoms with Gasteiger partial charge >= 0.3 is 0 Å². The van der Waals surface area contributed by atoms with Crippen molar-refractivity contribution in [1.29, 1.82) is 0 Å². The molecule has 17 rings (SSSR count). The number of aliphatic hydroxyl groups is 5. The summed E-state index contributed by atoms with van der Waals surface area (Å²) < 4.78 is 18.1. The van der Waals surface area contributed by atoms with E-state index in [2.05, 4.69) is 15.5 Å². The molecule has 0 aromatic heterocycles. The SMILES string of the molecule is O=C1CC[C@@]2(O)[C@H]3Cc4ccc(O)c5c4[C@@]2(CCN3)[C@H]1O5.O=CC1CCC1.Oc1ccc2c3c1O[C@H]1[C@@H](O)CC[C@@]4(O)[C@@H](C2)N(CC2CCC2)CC[C@]314.Oc1ccc2c3c1O[C@H]1[C@@H](O)CC[C@@]4(O)[C@@H](C2)NCC[C@]314. The van der Waals surface area contributed by atoms with Crippen molar-refractivity contribution in [2.24, 2.45) is 11.8 Å². The number of phenolic OH excluding ortho intramolecular Hbond substituents is 3. The van der Waals surface area contributed by atoms with E-state index in [0.29, 0.717) is 74.5 Å². The van der Waals surface area contributed by atoms with Gasteiger partial charge in [-0.05, 0) is 157 Å². The summed E-state index contributed by atoms with van der Waals surface area (Å²) in [5.74, 6) is 3.00. The maximum Gasteiger partial charge on any atom is 0.174 e. The molecule has 0 unspecified atom stereocenters. The Hall–Kier alpha value is -4.52. The maximum absolute atomic E-state index is 12.4. The number of Topliss-reactive ketones (excluding diaryl/α,β-unsaturated/α-hetero) is 1. The van der Waals surface area contributed by atoms with Crippen LogP contribution in [0.15, 0.2) is 36.4 Å². The second kappa shape index (κ2) is 16.5. The molecule has 3 aromatic rings. The Morgan fingerprint density at radius 2 is 1.09 bits per heavy atom. The molecule has 16 nitrogen and oxygen atoms in total.